The Balaban J connectivity index is 2.15. The molecule has 1 aliphatic rings. The van der Waals surface area contributed by atoms with Gasteiger partial charge in [0.05, 0.1) is 0 Å². The van der Waals surface area contributed by atoms with Gasteiger partial charge in [-0.05, 0) is 32.9 Å². The molecule has 1 saturated heterocycles. The van der Waals surface area contributed by atoms with Gasteiger partial charge in [-0.2, -0.15) is 0 Å². The van der Waals surface area contributed by atoms with Crippen LogP contribution in [0.15, 0.2) is 0 Å². The fourth-order valence-electron chi connectivity index (χ4n) is 1.25. The van der Waals surface area contributed by atoms with Gasteiger partial charge in [-0.1, -0.05) is 0 Å². The van der Waals surface area contributed by atoms with E-state index in [1.165, 1.54) is 0 Å². The normalized spacial score (nSPS) is 18.8. The molecule has 0 unspecified atom stereocenters. The Morgan fingerprint density at radius 2 is 2.25 bits per heavy atom. The number of rotatable bonds is 2. The predicted octanol–water partition coefficient (Wildman–Crippen LogP) is 0.484. The second-order valence-corrected chi connectivity index (χ2v) is 2.88. The molecule has 0 aromatic rings. The zero-order valence-corrected chi connectivity index (χ0v) is 7.43. The van der Waals surface area contributed by atoms with Crippen LogP contribution in [-0.2, 0) is 4.74 Å². The van der Waals surface area contributed by atoms with Crippen LogP contribution in [-0.4, -0.2) is 31.8 Å². The van der Waals surface area contributed by atoms with Crippen molar-refractivity contribution in [1.82, 2.24) is 10.6 Å². The second-order valence-electron chi connectivity index (χ2n) is 2.88. The molecule has 0 bridgehead atoms. The summed E-state index contributed by atoms with van der Waals surface area (Å²) in [5, 5.41) is 5.82. The standard InChI is InChI=1S/C8H16N2O2/c1-2-10-8(11)12-7-3-5-9-6-4-7/h7,9H,2-6H2,1H3,(H,10,11). The summed E-state index contributed by atoms with van der Waals surface area (Å²) in [6.07, 6.45) is 1.68. The third-order valence-corrected chi connectivity index (χ3v) is 1.88. The van der Waals surface area contributed by atoms with Gasteiger partial charge in [0.15, 0.2) is 0 Å². The van der Waals surface area contributed by atoms with Gasteiger partial charge in [-0.25, -0.2) is 4.79 Å². The van der Waals surface area contributed by atoms with Crippen molar-refractivity contribution in [2.45, 2.75) is 25.9 Å². The van der Waals surface area contributed by atoms with Gasteiger partial charge in [-0.3, -0.25) is 0 Å². The first kappa shape index (κ1) is 9.32. The van der Waals surface area contributed by atoms with E-state index in [-0.39, 0.29) is 12.2 Å². The minimum Gasteiger partial charge on any atom is -0.446 e. The fourth-order valence-corrected chi connectivity index (χ4v) is 1.25. The van der Waals surface area contributed by atoms with Gasteiger partial charge in [0.1, 0.15) is 6.10 Å². The van der Waals surface area contributed by atoms with E-state index in [1.807, 2.05) is 6.92 Å². The van der Waals surface area contributed by atoms with Crippen molar-refractivity contribution in [3.8, 4) is 0 Å². The highest BCUT2D eigenvalue weighted by Gasteiger charge is 2.16. The number of hydrogen-bond acceptors (Lipinski definition) is 3. The van der Waals surface area contributed by atoms with Gasteiger partial charge in [-0.15, -0.1) is 0 Å². The summed E-state index contributed by atoms with van der Waals surface area (Å²) in [7, 11) is 0. The first-order valence-corrected chi connectivity index (χ1v) is 4.48. The Morgan fingerprint density at radius 1 is 1.58 bits per heavy atom. The van der Waals surface area contributed by atoms with Crippen molar-refractivity contribution < 1.29 is 9.53 Å². The van der Waals surface area contributed by atoms with E-state index in [2.05, 4.69) is 10.6 Å². The smallest absolute Gasteiger partial charge is 0.407 e. The summed E-state index contributed by atoms with van der Waals surface area (Å²) in [6, 6.07) is 0. The van der Waals surface area contributed by atoms with Crippen LogP contribution in [0, 0.1) is 0 Å². The Morgan fingerprint density at radius 3 is 2.83 bits per heavy atom. The molecule has 0 spiro atoms. The maximum atomic E-state index is 11.0. The Labute approximate surface area is 72.7 Å². The molecule has 1 fully saturated rings. The molecule has 70 valence electrons. The Bertz CT molecular complexity index is 144. The van der Waals surface area contributed by atoms with Crippen molar-refractivity contribution in [1.29, 1.82) is 0 Å². The molecular formula is C8H16N2O2. The summed E-state index contributed by atoms with van der Waals surface area (Å²) in [5.74, 6) is 0. The molecule has 1 heterocycles. The second kappa shape index (κ2) is 4.98. The molecule has 0 saturated carbocycles. The number of alkyl carbamates (subject to hydrolysis) is 1. The van der Waals surface area contributed by atoms with E-state index in [4.69, 9.17) is 4.74 Å². The maximum absolute atomic E-state index is 11.0. The van der Waals surface area contributed by atoms with Gasteiger partial charge in [0, 0.05) is 6.54 Å². The summed E-state index contributed by atoms with van der Waals surface area (Å²) in [4.78, 5) is 11.0. The molecule has 0 radical (unpaired) electrons. The number of amides is 1. The third-order valence-electron chi connectivity index (χ3n) is 1.88. The molecule has 2 N–H and O–H groups in total. The van der Waals surface area contributed by atoms with Crippen LogP contribution in [0.25, 0.3) is 0 Å². The summed E-state index contributed by atoms with van der Waals surface area (Å²) >= 11 is 0. The van der Waals surface area contributed by atoms with E-state index < -0.39 is 0 Å². The topological polar surface area (TPSA) is 50.4 Å². The van der Waals surface area contributed by atoms with Crippen LogP contribution in [0.5, 0.6) is 0 Å². The van der Waals surface area contributed by atoms with Crippen molar-refractivity contribution in [3.05, 3.63) is 0 Å². The number of piperidine rings is 1. The quantitative estimate of drug-likeness (QED) is 0.637. The maximum Gasteiger partial charge on any atom is 0.407 e. The van der Waals surface area contributed by atoms with Crippen molar-refractivity contribution in [2.75, 3.05) is 19.6 Å². The summed E-state index contributed by atoms with van der Waals surface area (Å²) < 4.78 is 5.14. The molecule has 12 heavy (non-hydrogen) atoms. The Kier molecular flexibility index (Phi) is 3.87. The van der Waals surface area contributed by atoms with Gasteiger partial charge >= 0.3 is 6.09 Å². The molecule has 1 amide bonds. The molecule has 4 heteroatoms. The molecule has 0 aromatic heterocycles. The molecule has 1 rings (SSSR count). The number of ether oxygens (including phenoxy) is 1. The lowest BCUT2D eigenvalue weighted by molar-refractivity contribution is 0.0798. The van der Waals surface area contributed by atoms with Crippen molar-refractivity contribution in [2.24, 2.45) is 0 Å². The van der Waals surface area contributed by atoms with Crippen LogP contribution in [0.1, 0.15) is 19.8 Å². The minimum absolute atomic E-state index is 0.109. The van der Waals surface area contributed by atoms with E-state index in [0.29, 0.717) is 6.54 Å². The van der Waals surface area contributed by atoms with Crippen LogP contribution in [0.4, 0.5) is 4.79 Å². The van der Waals surface area contributed by atoms with E-state index in [1.54, 1.807) is 0 Å². The number of nitrogens with one attached hydrogen (secondary N) is 2. The third kappa shape index (κ3) is 3.09. The average molecular weight is 172 g/mol. The highest BCUT2D eigenvalue weighted by Crippen LogP contribution is 2.06. The van der Waals surface area contributed by atoms with Crippen LogP contribution in [0.2, 0.25) is 0 Å². The molecular weight excluding hydrogens is 156 g/mol. The van der Waals surface area contributed by atoms with Gasteiger partial charge in [0.2, 0.25) is 0 Å². The summed E-state index contributed by atoms with van der Waals surface area (Å²) in [5.41, 5.74) is 0. The SMILES string of the molecule is CCNC(=O)OC1CCNCC1. The van der Waals surface area contributed by atoms with Crippen molar-refractivity contribution >= 4 is 6.09 Å². The van der Waals surface area contributed by atoms with Crippen molar-refractivity contribution in [3.63, 3.8) is 0 Å². The lowest BCUT2D eigenvalue weighted by atomic mass is 10.1. The largest absolute Gasteiger partial charge is 0.446 e. The summed E-state index contributed by atoms with van der Waals surface area (Å²) in [6.45, 7) is 4.40. The van der Waals surface area contributed by atoms with Crippen LogP contribution in [0.3, 0.4) is 0 Å². The molecule has 0 aliphatic carbocycles. The lowest BCUT2D eigenvalue weighted by Crippen LogP contribution is -2.36. The Hall–Kier alpha value is -0.770. The van der Waals surface area contributed by atoms with E-state index in [0.717, 1.165) is 25.9 Å². The molecule has 0 aromatic carbocycles. The fraction of sp³-hybridized carbons (Fsp3) is 0.875. The zero-order valence-electron chi connectivity index (χ0n) is 7.43. The number of carbonyl (C=O) groups is 1. The predicted molar refractivity (Wildman–Crippen MR) is 46.0 cm³/mol. The minimum atomic E-state index is -0.288. The van der Waals surface area contributed by atoms with Gasteiger partial charge < -0.3 is 15.4 Å². The number of carbonyl (C=O) groups excluding carboxylic acids is 1. The van der Waals surface area contributed by atoms with E-state index in [9.17, 15) is 4.79 Å². The average Bonchev–Trinajstić information content (AvgIpc) is 2.06. The first-order chi connectivity index (χ1) is 5.83. The first-order valence-electron chi connectivity index (χ1n) is 4.48. The van der Waals surface area contributed by atoms with E-state index >= 15 is 0 Å². The van der Waals surface area contributed by atoms with Gasteiger partial charge in [0.25, 0.3) is 0 Å². The highest BCUT2D eigenvalue weighted by molar-refractivity contribution is 5.67. The van der Waals surface area contributed by atoms with Crippen LogP contribution >= 0.6 is 0 Å². The number of hydrogen-bond donors (Lipinski definition) is 2. The molecule has 1 aliphatic heterocycles. The lowest BCUT2D eigenvalue weighted by Gasteiger charge is -2.22. The zero-order chi connectivity index (χ0) is 8.81. The monoisotopic (exact) mass is 172 g/mol. The molecule has 0 atom stereocenters. The van der Waals surface area contributed by atoms with Crippen LogP contribution < -0.4 is 10.6 Å². The highest BCUT2D eigenvalue weighted by atomic mass is 16.6. The molecule has 4 nitrogen and oxygen atoms in total.